The number of carbonyl (C=O) groups is 2. The summed E-state index contributed by atoms with van der Waals surface area (Å²) < 4.78 is 5.41. The molecule has 5 nitrogen and oxygen atoms in total. The summed E-state index contributed by atoms with van der Waals surface area (Å²) in [6.45, 7) is 2.63. The quantitative estimate of drug-likeness (QED) is 0.840. The van der Waals surface area contributed by atoms with Crippen LogP contribution in [0.1, 0.15) is 30.1 Å². The Balaban J connectivity index is 2.77. The highest BCUT2D eigenvalue weighted by molar-refractivity contribution is 6.30. The number of aliphatic carboxylic acids is 1. The SMILES string of the molecule is CCOc1cc(Cl)ccc1C(=O)N(C)CCCC(=O)O. The van der Waals surface area contributed by atoms with Gasteiger partial charge < -0.3 is 14.7 Å². The molecular weight excluding hydrogens is 282 g/mol. The van der Waals surface area contributed by atoms with Gasteiger partial charge >= 0.3 is 5.97 Å². The van der Waals surface area contributed by atoms with E-state index in [1.165, 1.54) is 4.90 Å². The highest BCUT2D eigenvalue weighted by atomic mass is 35.5. The predicted molar refractivity (Wildman–Crippen MR) is 76.5 cm³/mol. The van der Waals surface area contributed by atoms with Crippen LogP contribution in [0.15, 0.2) is 18.2 Å². The van der Waals surface area contributed by atoms with Crippen LogP contribution in [0.25, 0.3) is 0 Å². The average molecular weight is 300 g/mol. The fourth-order valence-corrected chi connectivity index (χ4v) is 1.88. The third-order valence-corrected chi connectivity index (χ3v) is 2.94. The smallest absolute Gasteiger partial charge is 0.303 e. The highest BCUT2D eigenvalue weighted by Gasteiger charge is 2.17. The van der Waals surface area contributed by atoms with Gasteiger partial charge in [0.05, 0.1) is 12.2 Å². The second-order valence-corrected chi connectivity index (χ2v) is 4.73. The molecule has 0 fully saturated rings. The van der Waals surface area contributed by atoms with E-state index in [4.69, 9.17) is 21.4 Å². The summed E-state index contributed by atoms with van der Waals surface area (Å²) in [5, 5.41) is 9.09. The molecule has 0 atom stereocenters. The standard InChI is InChI=1S/C14H18ClNO4/c1-3-20-12-9-10(15)6-7-11(12)14(19)16(2)8-4-5-13(17)18/h6-7,9H,3-5,8H2,1-2H3,(H,17,18). The first kappa shape index (κ1) is 16.3. The van der Waals surface area contributed by atoms with Crippen molar-refractivity contribution < 1.29 is 19.4 Å². The minimum Gasteiger partial charge on any atom is -0.493 e. The molecule has 0 bridgehead atoms. The predicted octanol–water partition coefficient (Wildman–Crippen LogP) is 2.68. The first-order chi connectivity index (χ1) is 9.45. The molecule has 0 radical (unpaired) electrons. The van der Waals surface area contributed by atoms with Crippen molar-refractivity contribution in [3.63, 3.8) is 0 Å². The first-order valence-electron chi connectivity index (χ1n) is 6.35. The zero-order valence-electron chi connectivity index (χ0n) is 11.6. The molecular formula is C14H18ClNO4. The van der Waals surface area contributed by atoms with Crippen LogP contribution in [-0.4, -0.2) is 42.1 Å². The summed E-state index contributed by atoms with van der Waals surface area (Å²) >= 11 is 5.89. The lowest BCUT2D eigenvalue weighted by atomic mass is 10.1. The van der Waals surface area contributed by atoms with E-state index in [9.17, 15) is 9.59 Å². The van der Waals surface area contributed by atoms with Gasteiger partial charge in [-0.25, -0.2) is 0 Å². The van der Waals surface area contributed by atoms with Crippen LogP contribution in [0.4, 0.5) is 0 Å². The number of hydrogen-bond donors (Lipinski definition) is 1. The van der Waals surface area contributed by atoms with Crippen molar-refractivity contribution >= 4 is 23.5 Å². The molecule has 1 rings (SSSR count). The Morgan fingerprint density at radius 2 is 2.10 bits per heavy atom. The van der Waals surface area contributed by atoms with E-state index >= 15 is 0 Å². The molecule has 0 aliphatic heterocycles. The number of carboxylic acids is 1. The van der Waals surface area contributed by atoms with Gasteiger partial charge in [-0.1, -0.05) is 11.6 Å². The number of ether oxygens (including phenoxy) is 1. The Morgan fingerprint density at radius 1 is 1.40 bits per heavy atom. The number of amides is 1. The van der Waals surface area contributed by atoms with E-state index in [2.05, 4.69) is 0 Å². The molecule has 1 aromatic rings. The Hall–Kier alpha value is -1.75. The van der Waals surface area contributed by atoms with E-state index in [1.54, 1.807) is 25.2 Å². The average Bonchev–Trinajstić information content (AvgIpc) is 2.38. The summed E-state index contributed by atoms with van der Waals surface area (Å²) in [6, 6.07) is 4.84. The topological polar surface area (TPSA) is 66.8 Å². The second-order valence-electron chi connectivity index (χ2n) is 4.30. The van der Waals surface area contributed by atoms with Crippen LogP contribution >= 0.6 is 11.6 Å². The van der Waals surface area contributed by atoms with E-state index in [0.29, 0.717) is 35.9 Å². The molecule has 20 heavy (non-hydrogen) atoms. The monoisotopic (exact) mass is 299 g/mol. The summed E-state index contributed by atoms with van der Waals surface area (Å²) in [5.41, 5.74) is 0.425. The van der Waals surface area contributed by atoms with Crippen molar-refractivity contribution in [1.29, 1.82) is 0 Å². The van der Waals surface area contributed by atoms with Crippen LogP contribution in [-0.2, 0) is 4.79 Å². The molecule has 1 amide bonds. The molecule has 0 aliphatic carbocycles. The summed E-state index contributed by atoms with van der Waals surface area (Å²) in [4.78, 5) is 24.2. The largest absolute Gasteiger partial charge is 0.493 e. The minimum atomic E-state index is -0.868. The summed E-state index contributed by atoms with van der Waals surface area (Å²) in [7, 11) is 1.63. The first-order valence-corrected chi connectivity index (χ1v) is 6.73. The van der Waals surface area contributed by atoms with Gasteiger partial charge in [0.25, 0.3) is 5.91 Å². The fourth-order valence-electron chi connectivity index (χ4n) is 1.72. The zero-order valence-corrected chi connectivity index (χ0v) is 12.3. The van der Waals surface area contributed by atoms with Crippen LogP contribution < -0.4 is 4.74 Å². The fraction of sp³-hybridized carbons (Fsp3) is 0.429. The van der Waals surface area contributed by atoms with Gasteiger partial charge in [0.2, 0.25) is 0 Å². The van der Waals surface area contributed by atoms with Crippen LogP contribution in [0.2, 0.25) is 5.02 Å². The number of carbonyl (C=O) groups excluding carboxylic acids is 1. The minimum absolute atomic E-state index is 0.0382. The molecule has 0 aromatic heterocycles. The molecule has 0 saturated heterocycles. The van der Waals surface area contributed by atoms with Crippen molar-refractivity contribution in [1.82, 2.24) is 4.90 Å². The van der Waals surface area contributed by atoms with Crippen molar-refractivity contribution in [2.45, 2.75) is 19.8 Å². The zero-order chi connectivity index (χ0) is 15.1. The normalized spacial score (nSPS) is 10.2. The number of rotatable bonds is 7. The number of nitrogens with zero attached hydrogens (tertiary/aromatic N) is 1. The van der Waals surface area contributed by atoms with E-state index < -0.39 is 5.97 Å². The van der Waals surface area contributed by atoms with Crippen molar-refractivity contribution in [3.05, 3.63) is 28.8 Å². The molecule has 110 valence electrons. The van der Waals surface area contributed by atoms with Crippen LogP contribution in [0.5, 0.6) is 5.75 Å². The lowest BCUT2D eigenvalue weighted by Crippen LogP contribution is -2.28. The molecule has 0 spiro atoms. The Morgan fingerprint density at radius 3 is 2.70 bits per heavy atom. The number of benzene rings is 1. The van der Waals surface area contributed by atoms with E-state index in [0.717, 1.165) is 0 Å². The Kier molecular flexibility index (Phi) is 6.31. The van der Waals surface area contributed by atoms with Gasteiger partial charge in [0.1, 0.15) is 5.75 Å². The summed E-state index contributed by atoms with van der Waals surface area (Å²) in [5.74, 6) is -0.641. The maximum absolute atomic E-state index is 12.3. The molecule has 1 N–H and O–H groups in total. The Bertz CT molecular complexity index is 490. The lowest BCUT2D eigenvalue weighted by Gasteiger charge is -2.18. The number of carboxylic acid groups (broad SMARTS) is 1. The maximum Gasteiger partial charge on any atom is 0.303 e. The van der Waals surface area contributed by atoms with Gasteiger partial charge in [0, 0.05) is 25.0 Å². The second kappa shape index (κ2) is 7.75. The molecule has 0 aliphatic rings. The molecule has 0 saturated carbocycles. The van der Waals surface area contributed by atoms with Gasteiger partial charge in [-0.05, 0) is 31.5 Å². The third kappa shape index (κ3) is 4.74. The molecule has 0 unspecified atom stereocenters. The lowest BCUT2D eigenvalue weighted by molar-refractivity contribution is -0.137. The molecule has 6 heteroatoms. The Labute approximate surface area is 123 Å². The maximum atomic E-state index is 12.3. The molecule has 0 heterocycles. The van der Waals surface area contributed by atoms with Gasteiger partial charge in [0.15, 0.2) is 0 Å². The van der Waals surface area contributed by atoms with Crippen LogP contribution in [0, 0.1) is 0 Å². The van der Waals surface area contributed by atoms with Crippen molar-refractivity contribution in [2.24, 2.45) is 0 Å². The van der Waals surface area contributed by atoms with Crippen molar-refractivity contribution in [3.8, 4) is 5.75 Å². The molecule has 1 aromatic carbocycles. The highest BCUT2D eigenvalue weighted by Crippen LogP contribution is 2.24. The van der Waals surface area contributed by atoms with Crippen molar-refractivity contribution in [2.75, 3.05) is 20.2 Å². The van der Waals surface area contributed by atoms with Gasteiger partial charge in [-0.2, -0.15) is 0 Å². The summed E-state index contributed by atoms with van der Waals surface area (Å²) in [6.07, 6.45) is 0.450. The van der Waals surface area contributed by atoms with Gasteiger partial charge in [-0.15, -0.1) is 0 Å². The van der Waals surface area contributed by atoms with Crippen LogP contribution in [0.3, 0.4) is 0 Å². The number of halogens is 1. The van der Waals surface area contributed by atoms with E-state index in [-0.39, 0.29) is 12.3 Å². The number of hydrogen-bond acceptors (Lipinski definition) is 3. The van der Waals surface area contributed by atoms with Gasteiger partial charge in [-0.3, -0.25) is 9.59 Å². The van der Waals surface area contributed by atoms with E-state index in [1.807, 2.05) is 6.92 Å². The third-order valence-electron chi connectivity index (χ3n) is 2.70.